The number of amides is 1. The van der Waals surface area contributed by atoms with Crippen LogP contribution in [0, 0.1) is 5.82 Å². The Labute approximate surface area is 134 Å². The fourth-order valence-corrected chi connectivity index (χ4v) is 2.80. The first-order chi connectivity index (χ1) is 10.8. The highest BCUT2D eigenvalue weighted by Crippen LogP contribution is 2.29. The van der Waals surface area contributed by atoms with Crippen LogP contribution in [0.4, 0.5) is 4.39 Å². The summed E-state index contributed by atoms with van der Waals surface area (Å²) in [6, 6.07) is 2.83. The lowest BCUT2D eigenvalue weighted by Crippen LogP contribution is -2.45. The number of benzene rings is 1. The van der Waals surface area contributed by atoms with Crippen LogP contribution in [0.5, 0.6) is 5.75 Å². The molecule has 2 aromatic rings. The first kappa shape index (κ1) is 17.0. The van der Waals surface area contributed by atoms with Crippen molar-refractivity contribution in [3.63, 3.8) is 0 Å². The van der Waals surface area contributed by atoms with E-state index >= 15 is 0 Å². The van der Waals surface area contributed by atoms with Gasteiger partial charge in [0.25, 0.3) is 11.7 Å². The molecule has 0 bridgehead atoms. The van der Waals surface area contributed by atoms with Crippen LogP contribution in [-0.2, 0) is 4.79 Å². The number of aromatic amines is 1. The van der Waals surface area contributed by atoms with Gasteiger partial charge in [0.1, 0.15) is 0 Å². The van der Waals surface area contributed by atoms with Crippen LogP contribution in [0.25, 0.3) is 10.9 Å². The predicted molar refractivity (Wildman–Crippen MR) is 86.3 cm³/mol. The molecule has 0 saturated carbocycles. The summed E-state index contributed by atoms with van der Waals surface area (Å²) in [5, 5.41) is 0.0789. The van der Waals surface area contributed by atoms with Gasteiger partial charge in [0, 0.05) is 23.8 Å². The molecule has 1 aromatic heterocycles. The molecule has 0 unspecified atom stereocenters. The lowest BCUT2D eigenvalue weighted by molar-refractivity contribution is -0.129. The van der Waals surface area contributed by atoms with Gasteiger partial charge in [-0.05, 0) is 39.8 Å². The van der Waals surface area contributed by atoms with E-state index < -0.39 is 17.5 Å². The lowest BCUT2D eigenvalue weighted by atomic mass is 10.1. The van der Waals surface area contributed by atoms with E-state index in [0.717, 1.165) is 0 Å². The van der Waals surface area contributed by atoms with Crippen LogP contribution in [0.2, 0.25) is 0 Å². The molecule has 0 aliphatic rings. The molecule has 23 heavy (non-hydrogen) atoms. The van der Waals surface area contributed by atoms with E-state index in [0.29, 0.717) is 5.52 Å². The molecular weight excluding hydrogens is 299 g/mol. The van der Waals surface area contributed by atoms with E-state index in [2.05, 4.69) is 4.98 Å². The number of Topliss-reactive ketones (excluding diaryl/α,β-unsaturated/α-hetero) is 1. The maximum Gasteiger partial charge on any atom is 0.295 e. The number of nitrogens with zero attached hydrogens (tertiary/aromatic N) is 1. The molecule has 0 saturated heterocycles. The van der Waals surface area contributed by atoms with Crippen molar-refractivity contribution in [1.29, 1.82) is 0 Å². The van der Waals surface area contributed by atoms with E-state index in [4.69, 9.17) is 4.74 Å². The van der Waals surface area contributed by atoms with E-state index in [1.165, 1.54) is 24.3 Å². The molecule has 0 spiro atoms. The minimum atomic E-state index is -0.731. The molecule has 6 heteroatoms. The third kappa shape index (κ3) is 2.93. The highest BCUT2D eigenvalue weighted by molar-refractivity contribution is 6.45. The van der Waals surface area contributed by atoms with Crippen molar-refractivity contribution in [1.82, 2.24) is 9.88 Å². The average molecular weight is 320 g/mol. The highest BCUT2D eigenvalue weighted by Gasteiger charge is 2.30. The summed E-state index contributed by atoms with van der Waals surface area (Å²) in [4.78, 5) is 29.5. The van der Waals surface area contributed by atoms with Gasteiger partial charge < -0.3 is 14.6 Å². The fraction of sp³-hybridized carbons (Fsp3) is 0.412. The number of rotatable bonds is 5. The minimum Gasteiger partial charge on any atom is -0.494 e. The van der Waals surface area contributed by atoms with Gasteiger partial charge in [-0.1, -0.05) is 0 Å². The molecule has 0 radical (unpaired) electrons. The molecule has 1 heterocycles. The highest BCUT2D eigenvalue weighted by atomic mass is 19.1. The smallest absolute Gasteiger partial charge is 0.295 e. The normalized spacial score (nSPS) is 11.3. The first-order valence-electron chi connectivity index (χ1n) is 7.50. The summed E-state index contributed by atoms with van der Waals surface area (Å²) >= 11 is 0. The Bertz CT molecular complexity index is 742. The zero-order valence-corrected chi connectivity index (χ0v) is 13.9. The Kier molecular flexibility index (Phi) is 4.73. The van der Waals surface area contributed by atoms with E-state index in [1.54, 1.807) is 6.07 Å². The van der Waals surface area contributed by atoms with Gasteiger partial charge in [-0.25, -0.2) is 4.39 Å². The summed E-state index contributed by atoms with van der Waals surface area (Å²) in [5.41, 5.74) is 0.466. The van der Waals surface area contributed by atoms with Crippen molar-refractivity contribution in [3.05, 3.63) is 29.7 Å². The van der Waals surface area contributed by atoms with Crippen LogP contribution in [-0.4, -0.2) is 40.8 Å². The number of fused-ring (bicyclic) bond motifs is 1. The number of nitrogens with one attached hydrogen (secondary N) is 1. The standard InChI is InChI=1S/C17H21FN2O3/c1-9(2)20(10(3)4)17(22)16(21)11-8-19-12-6-7-13(23-5)15(18)14(11)12/h6-10,19H,1-5H3. The monoisotopic (exact) mass is 320 g/mol. The van der Waals surface area contributed by atoms with Gasteiger partial charge in [-0.2, -0.15) is 0 Å². The zero-order valence-electron chi connectivity index (χ0n) is 13.9. The molecule has 124 valence electrons. The molecule has 0 atom stereocenters. The first-order valence-corrected chi connectivity index (χ1v) is 7.50. The van der Waals surface area contributed by atoms with Crippen molar-refractivity contribution in [2.45, 2.75) is 39.8 Å². The molecule has 5 nitrogen and oxygen atoms in total. The quantitative estimate of drug-likeness (QED) is 0.680. The van der Waals surface area contributed by atoms with Crippen LogP contribution in [0.15, 0.2) is 18.3 Å². The number of hydrogen-bond acceptors (Lipinski definition) is 3. The van der Waals surface area contributed by atoms with Crippen molar-refractivity contribution < 1.29 is 18.7 Å². The molecule has 0 aliphatic heterocycles. The average Bonchev–Trinajstić information content (AvgIpc) is 2.90. The molecule has 1 aromatic carbocycles. The second kappa shape index (κ2) is 6.40. The summed E-state index contributed by atoms with van der Waals surface area (Å²) in [7, 11) is 1.35. The maximum atomic E-state index is 14.5. The Morgan fingerprint density at radius 1 is 1.17 bits per heavy atom. The summed E-state index contributed by atoms with van der Waals surface area (Å²) in [5.74, 6) is -1.99. The van der Waals surface area contributed by atoms with E-state index in [-0.39, 0.29) is 28.8 Å². The third-order valence-corrected chi connectivity index (χ3v) is 3.75. The number of hydrogen-bond donors (Lipinski definition) is 1. The molecular formula is C17H21FN2O3. The van der Waals surface area contributed by atoms with Crippen LogP contribution < -0.4 is 4.74 Å². The molecule has 0 fully saturated rings. The van der Waals surface area contributed by atoms with Gasteiger partial charge in [-0.3, -0.25) is 9.59 Å². The minimum absolute atomic E-state index is 0.0210. The fourth-order valence-electron chi connectivity index (χ4n) is 2.80. The Hall–Kier alpha value is -2.37. The number of carbonyl (C=O) groups excluding carboxylic acids is 2. The molecule has 1 amide bonds. The van der Waals surface area contributed by atoms with Crippen molar-refractivity contribution in [3.8, 4) is 5.75 Å². The number of aromatic nitrogens is 1. The van der Waals surface area contributed by atoms with Crippen LogP contribution >= 0.6 is 0 Å². The molecule has 0 aliphatic carbocycles. The van der Waals surface area contributed by atoms with E-state index in [9.17, 15) is 14.0 Å². The maximum absolute atomic E-state index is 14.5. The topological polar surface area (TPSA) is 62.4 Å². The van der Waals surface area contributed by atoms with Gasteiger partial charge in [0.2, 0.25) is 0 Å². The Balaban J connectivity index is 2.51. The number of halogens is 1. The number of ether oxygens (including phenoxy) is 1. The number of ketones is 1. The number of carbonyl (C=O) groups is 2. The lowest BCUT2D eigenvalue weighted by Gasteiger charge is -2.29. The Morgan fingerprint density at radius 3 is 2.30 bits per heavy atom. The SMILES string of the molecule is COc1ccc2[nH]cc(C(=O)C(=O)N(C(C)C)C(C)C)c2c1F. The summed E-state index contributed by atoms with van der Waals surface area (Å²) in [6.45, 7) is 7.35. The number of methoxy groups -OCH3 is 1. The molecule has 1 N–H and O–H groups in total. The largest absolute Gasteiger partial charge is 0.494 e. The van der Waals surface area contributed by atoms with Gasteiger partial charge in [-0.15, -0.1) is 0 Å². The third-order valence-electron chi connectivity index (χ3n) is 3.75. The predicted octanol–water partition coefficient (Wildman–Crippen LogP) is 3.14. The van der Waals surface area contributed by atoms with Gasteiger partial charge >= 0.3 is 0 Å². The Morgan fingerprint density at radius 2 is 1.78 bits per heavy atom. The molecule has 2 rings (SSSR count). The second-order valence-corrected chi connectivity index (χ2v) is 5.94. The van der Waals surface area contributed by atoms with E-state index in [1.807, 2.05) is 27.7 Å². The van der Waals surface area contributed by atoms with Crippen LogP contribution in [0.1, 0.15) is 38.1 Å². The van der Waals surface area contributed by atoms with Crippen molar-refractivity contribution in [2.24, 2.45) is 0 Å². The van der Waals surface area contributed by atoms with Crippen molar-refractivity contribution >= 4 is 22.6 Å². The number of H-pyrrole nitrogens is 1. The van der Waals surface area contributed by atoms with Crippen LogP contribution in [0.3, 0.4) is 0 Å². The summed E-state index contributed by atoms with van der Waals surface area (Å²) < 4.78 is 19.4. The van der Waals surface area contributed by atoms with Gasteiger partial charge in [0.05, 0.1) is 18.1 Å². The van der Waals surface area contributed by atoms with Crippen molar-refractivity contribution in [2.75, 3.05) is 7.11 Å². The van der Waals surface area contributed by atoms with Gasteiger partial charge in [0.15, 0.2) is 11.6 Å². The zero-order chi connectivity index (χ0) is 17.3. The summed E-state index contributed by atoms with van der Waals surface area (Å²) in [6.07, 6.45) is 1.37. The second-order valence-electron chi connectivity index (χ2n) is 5.94.